The highest BCUT2D eigenvalue weighted by Crippen LogP contribution is 2.18. The van der Waals surface area contributed by atoms with Crippen LogP contribution in [0.15, 0.2) is 36.7 Å². The molecule has 0 aliphatic carbocycles. The molecule has 1 aliphatic rings. The molecule has 1 atom stereocenters. The van der Waals surface area contributed by atoms with E-state index in [0.29, 0.717) is 5.92 Å². The molecule has 0 saturated carbocycles. The molecule has 0 N–H and O–H groups in total. The van der Waals surface area contributed by atoms with Gasteiger partial charge in [-0.3, -0.25) is 4.90 Å². The van der Waals surface area contributed by atoms with E-state index in [4.69, 9.17) is 0 Å². The van der Waals surface area contributed by atoms with Crippen LogP contribution in [0.3, 0.4) is 0 Å². The second-order valence-electron chi connectivity index (χ2n) is 7.51. The van der Waals surface area contributed by atoms with Crippen molar-refractivity contribution >= 4 is 0 Å². The number of halogens is 1. The molecule has 0 radical (unpaired) electrons. The van der Waals surface area contributed by atoms with Gasteiger partial charge in [-0.2, -0.15) is 0 Å². The van der Waals surface area contributed by atoms with Crippen molar-refractivity contribution in [2.75, 3.05) is 33.2 Å². The van der Waals surface area contributed by atoms with Crippen molar-refractivity contribution in [2.45, 2.75) is 39.3 Å². The standard InChI is InChI=1S/C21H31FN4/c1-3-26-14-11-23-21(26)17-24(2)15-19-5-4-12-25(16-19)13-10-18-6-8-20(22)9-7-18/h6-9,11,14,19H,3-5,10,12-13,15-17H2,1-2H3. The highest BCUT2D eigenvalue weighted by Gasteiger charge is 2.21. The summed E-state index contributed by atoms with van der Waals surface area (Å²) in [5.41, 5.74) is 1.22. The number of hydrogen-bond acceptors (Lipinski definition) is 3. The minimum atomic E-state index is -0.154. The molecule has 4 nitrogen and oxygen atoms in total. The van der Waals surface area contributed by atoms with Crippen LogP contribution in [0.4, 0.5) is 4.39 Å². The van der Waals surface area contributed by atoms with E-state index in [2.05, 4.69) is 39.5 Å². The van der Waals surface area contributed by atoms with Crippen molar-refractivity contribution in [3.8, 4) is 0 Å². The lowest BCUT2D eigenvalue weighted by molar-refractivity contribution is 0.141. The lowest BCUT2D eigenvalue weighted by atomic mass is 9.97. The molecule has 1 aromatic heterocycles. The van der Waals surface area contributed by atoms with Gasteiger partial charge in [-0.1, -0.05) is 12.1 Å². The second-order valence-corrected chi connectivity index (χ2v) is 7.51. The lowest BCUT2D eigenvalue weighted by Crippen LogP contribution is -2.41. The first-order chi connectivity index (χ1) is 12.6. The molecular weight excluding hydrogens is 327 g/mol. The monoisotopic (exact) mass is 358 g/mol. The zero-order valence-corrected chi connectivity index (χ0v) is 16.1. The van der Waals surface area contributed by atoms with Gasteiger partial charge in [0.05, 0.1) is 6.54 Å². The summed E-state index contributed by atoms with van der Waals surface area (Å²) in [7, 11) is 2.20. The molecule has 1 unspecified atom stereocenters. The van der Waals surface area contributed by atoms with Crippen molar-refractivity contribution in [2.24, 2.45) is 5.92 Å². The Morgan fingerprint density at radius 1 is 1.27 bits per heavy atom. The molecule has 1 saturated heterocycles. The van der Waals surface area contributed by atoms with E-state index in [0.717, 1.165) is 45.0 Å². The molecule has 0 amide bonds. The molecule has 2 aromatic rings. The van der Waals surface area contributed by atoms with Crippen molar-refractivity contribution < 1.29 is 4.39 Å². The number of piperidine rings is 1. The van der Waals surface area contributed by atoms with E-state index >= 15 is 0 Å². The van der Waals surface area contributed by atoms with Gasteiger partial charge in [0, 0.05) is 38.6 Å². The highest BCUT2D eigenvalue weighted by atomic mass is 19.1. The van der Waals surface area contributed by atoms with Gasteiger partial charge >= 0.3 is 0 Å². The quantitative estimate of drug-likeness (QED) is 0.723. The van der Waals surface area contributed by atoms with Gasteiger partial charge in [0.2, 0.25) is 0 Å². The molecule has 1 aliphatic heterocycles. The smallest absolute Gasteiger partial charge is 0.123 e. The lowest BCUT2D eigenvalue weighted by Gasteiger charge is -2.34. The van der Waals surface area contributed by atoms with Gasteiger partial charge in [0.25, 0.3) is 0 Å². The second kappa shape index (κ2) is 9.28. The Balaban J connectivity index is 1.44. The maximum absolute atomic E-state index is 13.0. The Bertz CT molecular complexity index is 667. The summed E-state index contributed by atoms with van der Waals surface area (Å²) in [5.74, 6) is 1.71. The molecule has 142 valence electrons. The minimum Gasteiger partial charge on any atom is -0.334 e. The van der Waals surface area contributed by atoms with E-state index in [1.165, 1.54) is 24.9 Å². The zero-order chi connectivity index (χ0) is 18.4. The normalized spacial score (nSPS) is 18.5. The Kier molecular flexibility index (Phi) is 6.80. The summed E-state index contributed by atoms with van der Waals surface area (Å²) in [6, 6.07) is 6.92. The van der Waals surface area contributed by atoms with Gasteiger partial charge in [-0.25, -0.2) is 9.37 Å². The predicted octanol–water partition coefficient (Wildman–Crippen LogP) is 3.43. The maximum Gasteiger partial charge on any atom is 0.123 e. The highest BCUT2D eigenvalue weighted by molar-refractivity contribution is 5.16. The van der Waals surface area contributed by atoms with Crippen molar-refractivity contribution in [3.05, 3.63) is 53.9 Å². The first kappa shape index (κ1) is 19.1. The van der Waals surface area contributed by atoms with Crippen LogP contribution in [-0.2, 0) is 19.5 Å². The summed E-state index contributed by atoms with van der Waals surface area (Å²) >= 11 is 0. The molecule has 0 spiro atoms. The van der Waals surface area contributed by atoms with E-state index in [-0.39, 0.29) is 5.82 Å². The largest absolute Gasteiger partial charge is 0.334 e. The van der Waals surface area contributed by atoms with Gasteiger partial charge in [-0.05, 0) is 63.4 Å². The van der Waals surface area contributed by atoms with E-state index in [1.54, 1.807) is 12.1 Å². The van der Waals surface area contributed by atoms with Crippen LogP contribution in [0.1, 0.15) is 31.2 Å². The number of rotatable bonds is 8. The number of aromatic nitrogens is 2. The van der Waals surface area contributed by atoms with Crippen LogP contribution < -0.4 is 0 Å². The summed E-state index contributed by atoms with van der Waals surface area (Å²) < 4.78 is 15.2. The summed E-state index contributed by atoms with van der Waals surface area (Å²) in [4.78, 5) is 9.46. The van der Waals surface area contributed by atoms with E-state index in [9.17, 15) is 4.39 Å². The molecule has 1 fully saturated rings. The van der Waals surface area contributed by atoms with Gasteiger partial charge in [0.1, 0.15) is 11.6 Å². The summed E-state index contributed by atoms with van der Waals surface area (Å²) in [6.45, 7) is 8.56. The molecule has 26 heavy (non-hydrogen) atoms. The SMILES string of the molecule is CCn1ccnc1CN(C)CC1CCCN(CCc2ccc(F)cc2)C1. The third-order valence-electron chi connectivity index (χ3n) is 5.36. The fourth-order valence-electron chi connectivity index (χ4n) is 3.97. The van der Waals surface area contributed by atoms with Crippen LogP contribution in [0.5, 0.6) is 0 Å². The number of hydrogen-bond donors (Lipinski definition) is 0. The summed E-state index contributed by atoms with van der Waals surface area (Å²) in [6.07, 6.45) is 7.52. The Labute approximate surface area is 156 Å². The average Bonchev–Trinajstić information content (AvgIpc) is 3.08. The molecule has 2 heterocycles. The average molecular weight is 359 g/mol. The number of benzene rings is 1. The van der Waals surface area contributed by atoms with Crippen LogP contribution in [0, 0.1) is 11.7 Å². The van der Waals surface area contributed by atoms with Crippen LogP contribution >= 0.6 is 0 Å². The topological polar surface area (TPSA) is 24.3 Å². The zero-order valence-electron chi connectivity index (χ0n) is 16.1. The van der Waals surface area contributed by atoms with Crippen LogP contribution in [0.2, 0.25) is 0 Å². The molecule has 3 rings (SSSR count). The number of aryl methyl sites for hydroxylation is 1. The Morgan fingerprint density at radius 3 is 2.85 bits per heavy atom. The molecule has 5 heteroatoms. The van der Waals surface area contributed by atoms with Crippen molar-refractivity contribution in [3.63, 3.8) is 0 Å². The van der Waals surface area contributed by atoms with Gasteiger partial charge in [-0.15, -0.1) is 0 Å². The van der Waals surface area contributed by atoms with Gasteiger partial charge in [0.15, 0.2) is 0 Å². The van der Waals surface area contributed by atoms with Crippen molar-refractivity contribution in [1.82, 2.24) is 19.4 Å². The van der Waals surface area contributed by atoms with Crippen LogP contribution in [-0.4, -0.2) is 52.6 Å². The fraction of sp³-hybridized carbons (Fsp3) is 0.571. The Morgan fingerprint density at radius 2 is 2.08 bits per heavy atom. The fourth-order valence-corrected chi connectivity index (χ4v) is 3.97. The predicted molar refractivity (Wildman–Crippen MR) is 104 cm³/mol. The maximum atomic E-state index is 13.0. The molecule has 0 bridgehead atoms. The van der Waals surface area contributed by atoms with E-state index < -0.39 is 0 Å². The molecule has 1 aromatic carbocycles. The first-order valence-corrected chi connectivity index (χ1v) is 9.79. The molecular formula is C21H31FN4. The summed E-state index contributed by atoms with van der Waals surface area (Å²) in [5, 5.41) is 0. The minimum absolute atomic E-state index is 0.154. The van der Waals surface area contributed by atoms with Crippen molar-refractivity contribution in [1.29, 1.82) is 0 Å². The third-order valence-corrected chi connectivity index (χ3v) is 5.36. The first-order valence-electron chi connectivity index (χ1n) is 9.79. The third kappa shape index (κ3) is 5.39. The van der Waals surface area contributed by atoms with E-state index in [1.807, 2.05) is 18.3 Å². The van der Waals surface area contributed by atoms with Gasteiger partial charge < -0.3 is 9.47 Å². The number of likely N-dealkylation sites (tertiary alicyclic amines) is 1. The Hall–Kier alpha value is -1.72. The van der Waals surface area contributed by atoms with Crippen LogP contribution in [0.25, 0.3) is 0 Å². The number of nitrogens with zero attached hydrogens (tertiary/aromatic N) is 4. The number of imidazole rings is 1.